The number of ether oxygens (including phenoxy) is 3. The Morgan fingerprint density at radius 1 is 1.32 bits per heavy atom. The lowest BCUT2D eigenvalue weighted by molar-refractivity contribution is 0.00298. The lowest BCUT2D eigenvalue weighted by Crippen LogP contribution is -2.44. The largest absolute Gasteiger partial charge is 0.497 e. The molecule has 0 aliphatic carbocycles. The monoisotopic (exact) mass is 365 g/mol. The SMILES string of the molecule is COc1ccc(OC)c(-n2nnnc2SCCN2CCOCC2C)c1. The third kappa shape index (κ3) is 4.23. The van der Waals surface area contributed by atoms with Crippen molar-refractivity contribution in [2.24, 2.45) is 0 Å². The molecule has 0 N–H and O–H groups in total. The number of nitrogens with zero attached hydrogens (tertiary/aromatic N) is 5. The molecule has 136 valence electrons. The summed E-state index contributed by atoms with van der Waals surface area (Å²) in [5.41, 5.74) is 0.758. The van der Waals surface area contributed by atoms with E-state index in [2.05, 4.69) is 27.3 Å². The molecule has 1 aliphatic rings. The van der Waals surface area contributed by atoms with Gasteiger partial charge in [0.15, 0.2) is 0 Å². The van der Waals surface area contributed by atoms with Crippen molar-refractivity contribution in [3.05, 3.63) is 18.2 Å². The molecule has 1 unspecified atom stereocenters. The molecular weight excluding hydrogens is 342 g/mol. The van der Waals surface area contributed by atoms with E-state index >= 15 is 0 Å². The van der Waals surface area contributed by atoms with Crippen molar-refractivity contribution in [2.75, 3.05) is 46.3 Å². The third-order valence-corrected chi connectivity index (χ3v) is 5.07. The van der Waals surface area contributed by atoms with Gasteiger partial charge in [-0.1, -0.05) is 11.8 Å². The summed E-state index contributed by atoms with van der Waals surface area (Å²) in [7, 11) is 3.26. The number of hydrogen-bond donors (Lipinski definition) is 0. The molecule has 2 heterocycles. The normalized spacial score (nSPS) is 18.3. The maximum Gasteiger partial charge on any atom is 0.214 e. The lowest BCUT2D eigenvalue weighted by Gasteiger charge is -2.32. The lowest BCUT2D eigenvalue weighted by atomic mass is 10.2. The van der Waals surface area contributed by atoms with Gasteiger partial charge in [0.2, 0.25) is 5.16 Å². The van der Waals surface area contributed by atoms with Crippen molar-refractivity contribution in [1.29, 1.82) is 0 Å². The van der Waals surface area contributed by atoms with Gasteiger partial charge >= 0.3 is 0 Å². The number of benzene rings is 1. The predicted molar refractivity (Wildman–Crippen MR) is 94.8 cm³/mol. The van der Waals surface area contributed by atoms with Crippen LogP contribution < -0.4 is 9.47 Å². The van der Waals surface area contributed by atoms with E-state index in [1.165, 1.54) is 0 Å². The number of hydrogen-bond acceptors (Lipinski definition) is 8. The Labute approximate surface area is 151 Å². The highest BCUT2D eigenvalue weighted by Crippen LogP contribution is 2.29. The highest BCUT2D eigenvalue weighted by molar-refractivity contribution is 7.99. The summed E-state index contributed by atoms with van der Waals surface area (Å²) in [6, 6.07) is 6.01. The Morgan fingerprint density at radius 2 is 2.20 bits per heavy atom. The smallest absolute Gasteiger partial charge is 0.214 e. The first-order chi connectivity index (χ1) is 12.2. The van der Waals surface area contributed by atoms with E-state index in [4.69, 9.17) is 14.2 Å². The van der Waals surface area contributed by atoms with Crippen LogP contribution in [0.5, 0.6) is 11.5 Å². The minimum absolute atomic E-state index is 0.448. The molecule has 2 aromatic rings. The van der Waals surface area contributed by atoms with Gasteiger partial charge in [0.1, 0.15) is 17.2 Å². The molecule has 9 heteroatoms. The second-order valence-electron chi connectivity index (χ2n) is 5.72. The molecule has 1 aliphatic heterocycles. The van der Waals surface area contributed by atoms with Crippen molar-refractivity contribution in [3.8, 4) is 17.2 Å². The van der Waals surface area contributed by atoms with E-state index in [0.717, 1.165) is 48.6 Å². The zero-order chi connectivity index (χ0) is 17.6. The molecule has 8 nitrogen and oxygen atoms in total. The van der Waals surface area contributed by atoms with Gasteiger partial charge in [0.25, 0.3) is 0 Å². The molecule has 1 saturated heterocycles. The van der Waals surface area contributed by atoms with Gasteiger partial charge in [-0.3, -0.25) is 4.90 Å². The molecular formula is C16H23N5O3S. The van der Waals surface area contributed by atoms with E-state index in [1.807, 2.05) is 18.2 Å². The number of thioether (sulfide) groups is 1. The van der Waals surface area contributed by atoms with E-state index in [-0.39, 0.29) is 0 Å². The highest BCUT2D eigenvalue weighted by atomic mass is 32.2. The summed E-state index contributed by atoms with van der Waals surface area (Å²) in [6.07, 6.45) is 0. The quantitative estimate of drug-likeness (QED) is 0.683. The Hall–Kier alpha value is -1.84. The Balaban J connectivity index is 1.70. The van der Waals surface area contributed by atoms with E-state index < -0.39 is 0 Å². The molecule has 0 radical (unpaired) electrons. The molecule has 0 spiro atoms. The number of tetrazole rings is 1. The van der Waals surface area contributed by atoms with Crippen molar-refractivity contribution in [2.45, 2.75) is 18.1 Å². The minimum atomic E-state index is 0.448. The van der Waals surface area contributed by atoms with Crippen LogP contribution in [0.3, 0.4) is 0 Å². The second-order valence-corrected chi connectivity index (χ2v) is 6.78. The molecule has 1 aromatic heterocycles. The fraction of sp³-hybridized carbons (Fsp3) is 0.562. The van der Waals surface area contributed by atoms with Crippen LogP contribution in [0.25, 0.3) is 5.69 Å². The summed E-state index contributed by atoms with van der Waals surface area (Å²) >= 11 is 1.62. The summed E-state index contributed by atoms with van der Waals surface area (Å²) in [5.74, 6) is 2.32. The summed E-state index contributed by atoms with van der Waals surface area (Å²) in [5, 5.41) is 12.8. The second kappa shape index (κ2) is 8.50. The zero-order valence-electron chi connectivity index (χ0n) is 14.7. The third-order valence-electron chi connectivity index (χ3n) is 4.17. The first-order valence-corrected chi connectivity index (χ1v) is 9.17. The summed E-state index contributed by atoms with van der Waals surface area (Å²) in [4.78, 5) is 2.43. The van der Waals surface area contributed by atoms with Crippen LogP contribution in [0, 0.1) is 0 Å². The van der Waals surface area contributed by atoms with Crippen LogP contribution in [0.15, 0.2) is 23.4 Å². The van der Waals surface area contributed by atoms with Gasteiger partial charge in [-0.2, -0.15) is 4.68 Å². The van der Waals surface area contributed by atoms with Crippen LogP contribution in [0.2, 0.25) is 0 Å². The summed E-state index contributed by atoms with van der Waals surface area (Å²) < 4.78 is 17.9. The molecule has 1 fully saturated rings. The standard InChI is InChI=1S/C16H23N5O3S/c1-12-11-24-8-6-20(12)7-9-25-16-17-18-19-21(16)14-10-13(22-2)4-5-15(14)23-3/h4-5,10,12H,6-9,11H2,1-3H3. The van der Waals surface area contributed by atoms with Crippen molar-refractivity contribution < 1.29 is 14.2 Å². The number of morpholine rings is 1. The highest BCUT2D eigenvalue weighted by Gasteiger charge is 2.19. The maximum absolute atomic E-state index is 5.48. The fourth-order valence-corrected chi connectivity index (χ4v) is 3.59. The van der Waals surface area contributed by atoms with E-state index in [0.29, 0.717) is 11.8 Å². The van der Waals surface area contributed by atoms with Crippen LogP contribution in [-0.4, -0.2) is 77.4 Å². The van der Waals surface area contributed by atoms with E-state index in [1.54, 1.807) is 30.7 Å². The first kappa shape index (κ1) is 18.0. The van der Waals surface area contributed by atoms with Gasteiger partial charge in [0, 0.05) is 31.0 Å². The van der Waals surface area contributed by atoms with Crippen molar-refractivity contribution in [1.82, 2.24) is 25.1 Å². The summed E-state index contributed by atoms with van der Waals surface area (Å²) in [6.45, 7) is 5.72. The van der Waals surface area contributed by atoms with Crippen LogP contribution >= 0.6 is 11.8 Å². The van der Waals surface area contributed by atoms with Gasteiger partial charge in [-0.15, -0.1) is 5.10 Å². The van der Waals surface area contributed by atoms with Crippen LogP contribution in [-0.2, 0) is 4.74 Å². The van der Waals surface area contributed by atoms with Gasteiger partial charge < -0.3 is 14.2 Å². The zero-order valence-corrected chi connectivity index (χ0v) is 15.5. The minimum Gasteiger partial charge on any atom is -0.497 e. The molecule has 3 rings (SSSR count). The first-order valence-electron chi connectivity index (χ1n) is 8.18. The Morgan fingerprint density at radius 3 is 2.96 bits per heavy atom. The molecule has 1 aromatic carbocycles. The fourth-order valence-electron chi connectivity index (χ4n) is 2.73. The van der Waals surface area contributed by atoms with Gasteiger partial charge in [-0.25, -0.2) is 0 Å². The average molecular weight is 365 g/mol. The predicted octanol–water partition coefficient (Wildman–Crippen LogP) is 1.49. The molecule has 0 saturated carbocycles. The van der Waals surface area contributed by atoms with Crippen molar-refractivity contribution in [3.63, 3.8) is 0 Å². The number of methoxy groups -OCH3 is 2. The van der Waals surface area contributed by atoms with Crippen molar-refractivity contribution >= 4 is 11.8 Å². The number of aromatic nitrogens is 4. The topological polar surface area (TPSA) is 74.5 Å². The Bertz CT molecular complexity index is 696. The molecule has 0 amide bonds. The average Bonchev–Trinajstić information content (AvgIpc) is 3.11. The maximum atomic E-state index is 5.48. The molecule has 0 bridgehead atoms. The Kier molecular flexibility index (Phi) is 6.11. The molecule has 25 heavy (non-hydrogen) atoms. The van der Waals surface area contributed by atoms with Crippen LogP contribution in [0.1, 0.15) is 6.92 Å². The number of rotatable bonds is 7. The van der Waals surface area contributed by atoms with Gasteiger partial charge in [-0.05, 0) is 29.5 Å². The molecule has 1 atom stereocenters. The van der Waals surface area contributed by atoms with Gasteiger partial charge in [0.05, 0.1) is 27.4 Å². The van der Waals surface area contributed by atoms with E-state index in [9.17, 15) is 0 Å². The van der Waals surface area contributed by atoms with Crippen LogP contribution in [0.4, 0.5) is 0 Å².